The van der Waals surface area contributed by atoms with Gasteiger partial charge in [0.05, 0.1) is 12.1 Å². The van der Waals surface area contributed by atoms with Crippen molar-refractivity contribution in [3.63, 3.8) is 0 Å². The lowest BCUT2D eigenvalue weighted by atomic mass is 9.74. The van der Waals surface area contributed by atoms with E-state index in [1.807, 2.05) is 18.2 Å². The van der Waals surface area contributed by atoms with E-state index in [1.165, 1.54) is 5.56 Å². The van der Waals surface area contributed by atoms with Crippen molar-refractivity contribution in [2.75, 3.05) is 13.2 Å². The standard InChI is InChI=1S/C14H16N2O/c1-2-7-16-11(8-15)14-10-5-3-4-6-13(10)17-9-12(14)16/h3-6,11-12,14H,2,7,9H2,1H3/t11-,12+,14+/m0/s1. The molecule has 2 aliphatic rings. The summed E-state index contributed by atoms with van der Waals surface area (Å²) in [5.74, 6) is 1.31. The number of likely N-dealkylation sites (tertiary alicyclic amines) is 1. The van der Waals surface area contributed by atoms with Crippen LogP contribution in [0.15, 0.2) is 24.3 Å². The van der Waals surface area contributed by atoms with Crippen molar-refractivity contribution >= 4 is 0 Å². The monoisotopic (exact) mass is 228 g/mol. The molecule has 0 aromatic heterocycles. The number of hydrogen-bond acceptors (Lipinski definition) is 3. The molecule has 2 aliphatic heterocycles. The summed E-state index contributed by atoms with van der Waals surface area (Å²) < 4.78 is 5.78. The first kappa shape index (κ1) is 10.6. The van der Waals surface area contributed by atoms with Crippen LogP contribution in [-0.4, -0.2) is 30.1 Å². The maximum absolute atomic E-state index is 9.32. The topological polar surface area (TPSA) is 36.3 Å². The van der Waals surface area contributed by atoms with Gasteiger partial charge in [0.25, 0.3) is 0 Å². The van der Waals surface area contributed by atoms with Crippen LogP contribution in [-0.2, 0) is 0 Å². The van der Waals surface area contributed by atoms with Gasteiger partial charge in [-0.2, -0.15) is 5.26 Å². The second kappa shape index (κ2) is 4.05. The van der Waals surface area contributed by atoms with Gasteiger partial charge in [-0.05, 0) is 19.0 Å². The number of benzene rings is 1. The molecular formula is C14H16N2O. The maximum Gasteiger partial charge on any atom is 0.123 e. The zero-order chi connectivity index (χ0) is 11.8. The first-order chi connectivity index (χ1) is 8.36. The number of rotatable bonds is 2. The van der Waals surface area contributed by atoms with E-state index in [1.54, 1.807) is 0 Å². The highest BCUT2D eigenvalue weighted by Gasteiger charge is 2.51. The summed E-state index contributed by atoms with van der Waals surface area (Å²) >= 11 is 0. The first-order valence-corrected chi connectivity index (χ1v) is 6.24. The fourth-order valence-electron chi connectivity index (χ4n) is 3.08. The number of nitriles is 1. The Labute approximate surface area is 102 Å². The molecule has 1 aromatic carbocycles. The Hall–Kier alpha value is -1.53. The van der Waals surface area contributed by atoms with E-state index in [0.29, 0.717) is 12.0 Å². The summed E-state index contributed by atoms with van der Waals surface area (Å²) in [5, 5.41) is 9.32. The minimum Gasteiger partial charge on any atom is -0.492 e. The van der Waals surface area contributed by atoms with Gasteiger partial charge in [0.1, 0.15) is 18.4 Å². The molecule has 0 radical (unpaired) electrons. The van der Waals surface area contributed by atoms with E-state index in [-0.39, 0.29) is 6.04 Å². The largest absolute Gasteiger partial charge is 0.492 e. The lowest BCUT2D eigenvalue weighted by molar-refractivity contribution is -0.0250. The molecule has 2 heterocycles. The van der Waals surface area contributed by atoms with Crippen molar-refractivity contribution in [3.8, 4) is 11.8 Å². The van der Waals surface area contributed by atoms with Crippen molar-refractivity contribution < 1.29 is 4.74 Å². The normalized spacial score (nSPS) is 30.5. The quantitative estimate of drug-likeness (QED) is 0.778. The van der Waals surface area contributed by atoms with Crippen LogP contribution in [0.1, 0.15) is 24.8 Å². The van der Waals surface area contributed by atoms with Gasteiger partial charge < -0.3 is 4.74 Å². The van der Waals surface area contributed by atoms with Crippen LogP contribution in [0.2, 0.25) is 0 Å². The van der Waals surface area contributed by atoms with Crippen LogP contribution in [0.4, 0.5) is 0 Å². The molecule has 0 aliphatic carbocycles. The van der Waals surface area contributed by atoms with E-state index < -0.39 is 0 Å². The number of fused-ring (bicyclic) bond motifs is 3. The second-order valence-electron chi connectivity index (χ2n) is 4.75. The van der Waals surface area contributed by atoms with E-state index in [2.05, 4.69) is 24.0 Å². The van der Waals surface area contributed by atoms with Crippen molar-refractivity contribution in [3.05, 3.63) is 29.8 Å². The highest BCUT2D eigenvalue weighted by Crippen LogP contribution is 2.46. The highest BCUT2D eigenvalue weighted by molar-refractivity contribution is 5.44. The smallest absolute Gasteiger partial charge is 0.123 e. The lowest BCUT2D eigenvalue weighted by Crippen LogP contribution is -2.65. The summed E-state index contributed by atoms with van der Waals surface area (Å²) in [7, 11) is 0. The van der Waals surface area contributed by atoms with Gasteiger partial charge in [-0.25, -0.2) is 0 Å². The van der Waals surface area contributed by atoms with Gasteiger partial charge in [-0.3, -0.25) is 4.90 Å². The third-order valence-corrected chi connectivity index (χ3v) is 3.84. The summed E-state index contributed by atoms with van der Waals surface area (Å²) in [4.78, 5) is 2.28. The molecular weight excluding hydrogens is 212 g/mol. The molecule has 0 amide bonds. The van der Waals surface area contributed by atoms with Gasteiger partial charge >= 0.3 is 0 Å². The van der Waals surface area contributed by atoms with Gasteiger partial charge in [0, 0.05) is 11.5 Å². The molecule has 17 heavy (non-hydrogen) atoms. The third-order valence-electron chi connectivity index (χ3n) is 3.84. The van der Waals surface area contributed by atoms with E-state index >= 15 is 0 Å². The van der Waals surface area contributed by atoms with Crippen LogP contribution in [0.5, 0.6) is 5.75 Å². The van der Waals surface area contributed by atoms with Crippen molar-refractivity contribution in [1.82, 2.24) is 4.90 Å². The molecule has 3 nitrogen and oxygen atoms in total. The Morgan fingerprint density at radius 3 is 3.06 bits per heavy atom. The Morgan fingerprint density at radius 1 is 1.47 bits per heavy atom. The van der Waals surface area contributed by atoms with Crippen molar-refractivity contribution in [2.45, 2.75) is 31.3 Å². The predicted molar refractivity (Wildman–Crippen MR) is 64.9 cm³/mol. The molecule has 88 valence electrons. The van der Waals surface area contributed by atoms with Gasteiger partial charge in [0.2, 0.25) is 0 Å². The summed E-state index contributed by atoms with van der Waals surface area (Å²) in [5.41, 5.74) is 1.21. The van der Waals surface area contributed by atoms with Crippen LogP contribution >= 0.6 is 0 Å². The lowest BCUT2D eigenvalue weighted by Gasteiger charge is -2.54. The fourth-order valence-corrected chi connectivity index (χ4v) is 3.08. The van der Waals surface area contributed by atoms with E-state index in [4.69, 9.17) is 4.74 Å². The number of hydrogen-bond donors (Lipinski definition) is 0. The Balaban J connectivity index is 1.92. The maximum atomic E-state index is 9.32. The SMILES string of the molecule is CCCN1[C@@H]2COc3ccccc3[C@@H]2[C@@H]1C#N. The van der Waals surface area contributed by atoms with Crippen LogP contribution in [0.3, 0.4) is 0 Å². The molecule has 0 bridgehead atoms. The summed E-state index contributed by atoms with van der Waals surface area (Å²) in [6.07, 6.45) is 1.09. The average Bonchev–Trinajstić information content (AvgIpc) is 2.36. The minimum absolute atomic E-state index is 0.0324. The molecule has 0 spiro atoms. The number of para-hydroxylation sites is 1. The van der Waals surface area contributed by atoms with Crippen LogP contribution in [0, 0.1) is 11.3 Å². The zero-order valence-corrected chi connectivity index (χ0v) is 9.97. The molecule has 0 N–H and O–H groups in total. The van der Waals surface area contributed by atoms with Gasteiger partial charge in [0.15, 0.2) is 0 Å². The van der Waals surface area contributed by atoms with E-state index in [9.17, 15) is 5.26 Å². The number of nitrogens with zero attached hydrogens (tertiary/aromatic N) is 2. The molecule has 0 saturated carbocycles. The average molecular weight is 228 g/mol. The molecule has 1 aromatic rings. The highest BCUT2D eigenvalue weighted by atomic mass is 16.5. The second-order valence-corrected chi connectivity index (χ2v) is 4.75. The summed E-state index contributed by atoms with van der Waals surface area (Å²) in [6, 6.07) is 11.0. The molecule has 3 atom stereocenters. The fraction of sp³-hybridized carbons (Fsp3) is 0.500. The molecule has 1 saturated heterocycles. The van der Waals surface area contributed by atoms with Crippen molar-refractivity contribution in [2.24, 2.45) is 0 Å². The summed E-state index contributed by atoms with van der Waals surface area (Å²) in [6.45, 7) is 3.87. The van der Waals surface area contributed by atoms with Gasteiger partial charge in [-0.15, -0.1) is 0 Å². The molecule has 3 rings (SSSR count). The minimum atomic E-state index is 0.0324. The van der Waals surface area contributed by atoms with Gasteiger partial charge in [-0.1, -0.05) is 25.1 Å². The molecule has 0 unspecified atom stereocenters. The molecule has 1 fully saturated rings. The number of ether oxygens (including phenoxy) is 1. The Morgan fingerprint density at radius 2 is 2.29 bits per heavy atom. The third kappa shape index (κ3) is 1.44. The zero-order valence-electron chi connectivity index (χ0n) is 9.97. The first-order valence-electron chi connectivity index (χ1n) is 6.24. The van der Waals surface area contributed by atoms with E-state index in [0.717, 1.165) is 25.3 Å². The van der Waals surface area contributed by atoms with Crippen molar-refractivity contribution in [1.29, 1.82) is 5.26 Å². The van der Waals surface area contributed by atoms with Crippen LogP contribution in [0.25, 0.3) is 0 Å². The Bertz CT molecular complexity index is 466. The van der Waals surface area contributed by atoms with Crippen LogP contribution < -0.4 is 4.74 Å². The molecule has 3 heteroatoms. The predicted octanol–water partition coefficient (Wildman–Crippen LogP) is 2.15. The Kier molecular flexibility index (Phi) is 2.53.